The largest absolute Gasteiger partial charge is 0.352 e. The van der Waals surface area contributed by atoms with Gasteiger partial charge >= 0.3 is 0 Å². The summed E-state index contributed by atoms with van der Waals surface area (Å²) in [5.74, 6) is 0.653. The van der Waals surface area contributed by atoms with Crippen LogP contribution in [0.5, 0.6) is 0 Å². The van der Waals surface area contributed by atoms with Crippen LogP contribution in [0.2, 0.25) is 0 Å². The van der Waals surface area contributed by atoms with Crippen LogP contribution in [0.15, 0.2) is 6.07 Å². The first-order valence-electron chi connectivity index (χ1n) is 4.73. The lowest BCUT2D eigenvalue weighted by molar-refractivity contribution is 0.773. The third-order valence-corrected chi connectivity index (χ3v) is 2.59. The molecule has 0 aromatic carbocycles. The van der Waals surface area contributed by atoms with E-state index in [-0.39, 0.29) is 0 Å². The van der Waals surface area contributed by atoms with Crippen LogP contribution in [-0.2, 0) is 13.5 Å². The molecule has 12 heavy (non-hydrogen) atoms. The summed E-state index contributed by atoms with van der Waals surface area (Å²) < 4.78 is 2.30. The molecule has 1 aromatic heterocycles. The fraction of sp³-hybridized carbons (Fsp3) is 0.636. The summed E-state index contributed by atoms with van der Waals surface area (Å²) in [6, 6.07) is 2.31. The minimum absolute atomic E-state index is 0.653. The van der Waals surface area contributed by atoms with Crippen molar-refractivity contribution in [3.8, 4) is 0 Å². The van der Waals surface area contributed by atoms with Gasteiger partial charge in [0.1, 0.15) is 0 Å². The molecule has 68 valence electrons. The molecule has 0 aliphatic heterocycles. The van der Waals surface area contributed by atoms with Gasteiger partial charge in [0, 0.05) is 18.4 Å². The Bertz CT molecular complexity index is 269. The molecule has 0 aliphatic carbocycles. The minimum Gasteiger partial charge on any atom is -0.352 e. The third-order valence-electron chi connectivity index (χ3n) is 2.59. The zero-order chi connectivity index (χ0) is 9.30. The van der Waals surface area contributed by atoms with Crippen molar-refractivity contribution in [2.75, 3.05) is 0 Å². The average Bonchev–Trinajstić information content (AvgIpc) is 2.29. The van der Waals surface area contributed by atoms with Gasteiger partial charge in [-0.1, -0.05) is 20.8 Å². The number of hydrogen-bond acceptors (Lipinski definition) is 0. The van der Waals surface area contributed by atoms with Gasteiger partial charge in [-0.05, 0) is 30.9 Å². The van der Waals surface area contributed by atoms with Gasteiger partial charge in [0.15, 0.2) is 0 Å². The summed E-state index contributed by atoms with van der Waals surface area (Å²) >= 11 is 0. The van der Waals surface area contributed by atoms with Gasteiger partial charge in [-0.3, -0.25) is 0 Å². The van der Waals surface area contributed by atoms with E-state index in [1.54, 1.807) is 0 Å². The van der Waals surface area contributed by atoms with Gasteiger partial charge in [-0.15, -0.1) is 0 Å². The van der Waals surface area contributed by atoms with Crippen LogP contribution in [0.4, 0.5) is 0 Å². The summed E-state index contributed by atoms with van der Waals surface area (Å²) in [6.07, 6.45) is 1.14. The van der Waals surface area contributed by atoms with Crippen molar-refractivity contribution in [3.05, 3.63) is 23.0 Å². The predicted octanol–water partition coefficient (Wildman–Crippen LogP) is 3.02. The number of rotatable bonds is 2. The molecule has 1 aromatic rings. The molecule has 0 bridgehead atoms. The lowest BCUT2D eigenvalue weighted by Gasteiger charge is -2.07. The van der Waals surface area contributed by atoms with E-state index in [9.17, 15) is 0 Å². The number of hydrogen-bond donors (Lipinski definition) is 0. The highest BCUT2D eigenvalue weighted by atomic mass is 15.0. The van der Waals surface area contributed by atoms with Gasteiger partial charge in [-0.2, -0.15) is 0 Å². The number of aromatic nitrogens is 1. The van der Waals surface area contributed by atoms with Crippen LogP contribution in [-0.4, -0.2) is 4.57 Å². The maximum atomic E-state index is 2.31. The van der Waals surface area contributed by atoms with Gasteiger partial charge in [-0.25, -0.2) is 0 Å². The maximum Gasteiger partial charge on any atom is 0.0206 e. The highest BCUT2D eigenvalue weighted by Gasteiger charge is 2.10. The molecular weight excluding hydrogens is 146 g/mol. The van der Waals surface area contributed by atoms with Crippen molar-refractivity contribution in [2.45, 2.75) is 40.0 Å². The monoisotopic (exact) mass is 165 g/mol. The molecule has 0 unspecified atom stereocenters. The minimum atomic E-state index is 0.653. The predicted molar refractivity (Wildman–Crippen MR) is 53.6 cm³/mol. The first kappa shape index (κ1) is 9.37. The molecule has 0 radical (unpaired) electrons. The van der Waals surface area contributed by atoms with Gasteiger partial charge in [0.2, 0.25) is 0 Å². The average molecular weight is 165 g/mol. The molecule has 0 atom stereocenters. The zero-order valence-electron chi connectivity index (χ0n) is 8.81. The Morgan fingerprint density at radius 3 is 2.33 bits per heavy atom. The Balaban J connectivity index is 3.20. The van der Waals surface area contributed by atoms with Crippen LogP contribution in [0.1, 0.15) is 43.6 Å². The first-order chi connectivity index (χ1) is 5.57. The van der Waals surface area contributed by atoms with E-state index >= 15 is 0 Å². The van der Waals surface area contributed by atoms with Crippen molar-refractivity contribution in [3.63, 3.8) is 0 Å². The van der Waals surface area contributed by atoms with Crippen LogP contribution in [0.3, 0.4) is 0 Å². The van der Waals surface area contributed by atoms with Crippen molar-refractivity contribution >= 4 is 0 Å². The molecular formula is C11H19N. The topological polar surface area (TPSA) is 4.93 Å². The molecule has 1 rings (SSSR count). The van der Waals surface area contributed by atoms with E-state index in [4.69, 9.17) is 0 Å². The fourth-order valence-corrected chi connectivity index (χ4v) is 1.75. The van der Waals surface area contributed by atoms with Crippen LogP contribution in [0.25, 0.3) is 0 Å². The van der Waals surface area contributed by atoms with Gasteiger partial charge in [0.25, 0.3) is 0 Å². The molecule has 1 heteroatoms. The normalized spacial score (nSPS) is 11.2. The number of aryl methyl sites for hydroxylation is 1. The summed E-state index contributed by atoms with van der Waals surface area (Å²) in [4.78, 5) is 0. The van der Waals surface area contributed by atoms with E-state index in [2.05, 4.69) is 45.4 Å². The van der Waals surface area contributed by atoms with Crippen LogP contribution < -0.4 is 0 Å². The maximum absolute atomic E-state index is 2.31. The molecule has 0 aliphatic rings. The number of nitrogens with zero attached hydrogens (tertiary/aromatic N) is 1. The van der Waals surface area contributed by atoms with E-state index in [0.717, 1.165) is 6.42 Å². The smallest absolute Gasteiger partial charge is 0.0206 e. The van der Waals surface area contributed by atoms with Crippen molar-refractivity contribution < 1.29 is 0 Å². The molecule has 0 amide bonds. The highest BCUT2D eigenvalue weighted by Crippen LogP contribution is 2.22. The molecule has 1 heterocycles. The van der Waals surface area contributed by atoms with Gasteiger partial charge in [0.05, 0.1) is 0 Å². The van der Waals surface area contributed by atoms with Crippen LogP contribution >= 0.6 is 0 Å². The van der Waals surface area contributed by atoms with Crippen molar-refractivity contribution in [2.24, 2.45) is 7.05 Å². The lowest BCUT2D eigenvalue weighted by Crippen LogP contribution is -1.99. The van der Waals surface area contributed by atoms with Crippen LogP contribution in [0, 0.1) is 6.92 Å². The fourth-order valence-electron chi connectivity index (χ4n) is 1.75. The highest BCUT2D eigenvalue weighted by molar-refractivity contribution is 5.29. The summed E-state index contributed by atoms with van der Waals surface area (Å²) in [5.41, 5.74) is 4.37. The second kappa shape index (κ2) is 3.34. The second-order valence-electron chi connectivity index (χ2n) is 3.76. The Morgan fingerprint density at radius 1 is 1.42 bits per heavy atom. The molecule has 0 fully saturated rings. The Hall–Kier alpha value is -0.720. The Morgan fingerprint density at radius 2 is 2.00 bits per heavy atom. The third kappa shape index (κ3) is 1.40. The van der Waals surface area contributed by atoms with Gasteiger partial charge < -0.3 is 4.57 Å². The first-order valence-corrected chi connectivity index (χ1v) is 4.73. The summed E-state index contributed by atoms with van der Waals surface area (Å²) in [7, 11) is 2.15. The van der Waals surface area contributed by atoms with E-state index in [1.165, 1.54) is 17.0 Å². The SMILES string of the molecule is CCc1c(C(C)C)cc(C)n1C. The van der Waals surface area contributed by atoms with E-state index in [0.29, 0.717) is 5.92 Å². The van der Waals surface area contributed by atoms with Crippen molar-refractivity contribution in [1.29, 1.82) is 0 Å². The summed E-state index contributed by atoms with van der Waals surface area (Å²) in [6.45, 7) is 8.91. The summed E-state index contributed by atoms with van der Waals surface area (Å²) in [5, 5.41) is 0. The molecule has 1 nitrogen and oxygen atoms in total. The Kier molecular flexibility index (Phi) is 2.61. The molecule has 0 saturated carbocycles. The van der Waals surface area contributed by atoms with E-state index < -0.39 is 0 Å². The zero-order valence-corrected chi connectivity index (χ0v) is 8.81. The standard InChI is InChI=1S/C11H19N/c1-6-11-10(8(2)3)7-9(4)12(11)5/h7-8H,6H2,1-5H3. The molecule has 0 saturated heterocycles. The van der Waals surface area contributed by atoms with E-state index in [1.807, 2.05) is 0 Å². The van der Waals surface area contributed by atoms with Crippen molar-refractivity contribution in [1.82, 2.24) is 4.57 Å². The molecule has 0 spiro atoms. The second-order valence-corrected chi connectivity index (χ2v) is 3.76. The lowest BCUT2D eigenvalue weighted by atomic mass is 10.0. The Labute approximate surface area is 75.4 Å². The molecule has 0 N–H and O–H groups in total. The quantitative estimate of drug-likeness (QED) is 0.635.